The molecule has 0 spiro atoms. The molecule has 6 nitrogen and oxygen atoms in total. The van der Waals surface area contributed by atoms with E-state index in [0.717, 1.165) is 31.2 Å². The standard InChI is InChI=1S/C18H23N3O3/c22-17(19-12-13-7-3-1-4-8-13)15-11-16(24-21-15)18(23)20-14-9-5-2-6-10-14/h1,3-4,7-8,14,16H,2,5-6,9-12H2,(H,19,22)(H,20,23). The highest BCUT2D eigenvalue weighted by Crippen LogP contribution is 2.18. The van der Waals surface area contributed by atoms with Crippen LogP contribution < -0.4 is 10.6 Å². The first-order chi connectivity index (χ1) is 11.7. The molecule has 1 saturated carbocycles. The van der Waals surface area contributed by atoms with E-state index >= 15 is 0 Å². The summed E-state index contributed by atoms with van der Waals surface area (Å²) in [6, 6.07) is 9.87. The Kier molecular flexibility index (Phi) is 5.46. The molecule has 0 radical (unpaired) electrons. The number of hydrogen-bond acceptors (Lipinski definition) is 4. The predicted octanol–water partition coefficient (Wildman–Crippen LogP) is 1.90. The van der Waals surface area contributed by atoms with Gasteiger partial charge in [0, 0.05) is 19.0 Å². The van der Waals surface area contributed by atoms with Gasteiger partial charge in [-0.05, 0) is 18.4 Å². The molecular formula is C18H23N3O3. The molecule has 0 bridgehead atoms. The molecule has 2 amide bonds. The van der Waals surface area contributed by atoms with Crippen LogP contribution in [-0.2, 0) is 21.0 Å². The van der Waals surface area contributed by atoms with Gasteiger partial charge in [-0.2, -0.15) is 0 Å². The van der Waals surface area contributed by atoms with Crippen molar-refractivity contribution in [3.63, 3.8) is 0 Å². The first-order valence-electron chi connectivity index (χ1n) is 8.57. The van der Waals surface area contributed by atoms with E-state index in [1.165, 1.54) is 6.42 Å². The second-order valence-corrected chi connectivity index (χ2v) is 6.35. The maximum absolute atomic E-state index is 12.2. The maximum Gasteiger partial charge on any atom is 0.269 e. The quantitative estimate of drug-likeness (QED) is 0.866. The number of benzene rings is 1. The third-order valence-corrected chi connectivity index (χ3v) is 4.47. The topological polar surface area (TPSA) is 79.8 Å². The van der Waals surface area contributed by atoms with Crippen LogP contribution in [0.3, 0.4) is 0 Å². The molecule has 3 rings (SSSR count). The average Bonchev–Trinajstić information content (AvgIpc) is 3.12. The lowest BCUT2D eigenvalue weighted by atomic mass is 9.95. The molecule has 1 atom stereocenters. The van der Waals surface area contributed by atoms with E-state index in [2.05, 4.69) is 15.8 Å². The Morgan fingerprint density at radius 1 is 1.12 bits per heavy atom. The summed E-state index contributed by atoms with van der Waals surface area (Å²) in [5, 5.41) is 9.60. The SMILES string of the molecule is O=C(NCc1ccccc1)C1=NOC(C(=O)NC2CCCCC2)C1. The van der Waals surface area contributed by atoms with Crippen molar-refractivity contribution >= 4 is 17.5 Å². The molecule has 1 heterocycles. The first-order valence-corrected chi connectivity index (χ1v) is 8.57. The summed E-state index contributed by atoms with van der Waals surface area (Å²) >= 11 is 0. The van der Waals surface area contributed by atoms with Gasteiger partial charge in [-0.25, -0.2) is 0 Å². The zero-order chi connectivity index (χ0) is 16.8. The van der Waals surface area contributed by atoms with Gasteiger partial charge in [0.2, 0.25) is 6.10 Å². The average molecular weight is 329 g/mol. The lowest BCUT2D eigenvalue weighted by molar-refractivity contribution is -0.132. The fraction of sp³-hybridized carbons (Fsp3) is 0.500. The van der Waals surface area contributed by atoms with Crippen LogP contribution in [0.5, 0.6) is 0 Å². The molecule has 1 fully saturated rings. The maximum atomic E-state index is 12.2. The van der Waals surface area contributed by atoms with E-state index < -0.39 is 6.10 Å². The van der Waals surface area contributed by atoms with E-state index in [-0.39, 0.29) is 30.0 Å². The summed E-state index contributed by atoms with van der Waals surface area (Å²) in [5.74, 6) is -0.455. The number of oxime groups is 1. The molecule has 0 saturated heterocycles. The van der Waals surface area contributed by atoms with E-state index in [9.17, 15) is 9.59 Å². The number of amides is 2. The normalized spacial score (nSPS) is 20.8. The van der Waals surface area contributed by atoms with Crippen molar-refractivity contribution < 1.29 is 14.4 Å². The summed E-state index contributed by atoms with van der Waals surface area (Å²) in [7, 11) is 0. The molecule has 2 N–H and O–H groups in total. The fourth-order valence-electron chi connectivity index (χ4n) is 3.07. The minimum atomic E-state index is -0.690. The van der Waals surface area contributed by atoms with Crippen molar-refractivity contribution in [2.24, 2.45) is 5.16 Å². The zero-order valence-corrected chi connectivity index (χ0v) is 13.7. The minimum absolute atomic E-state index is 0.170. The van der Waals surface area contributed by atoms with Crippen LogP contribution in [0.25, 0.3) is 0 Å². The van der Waals surface area contributed by atoms with Crippen molar-refractivity contribution in [3.05, 3.63) is 35.9 Å². The molecule has 6 heteroatoms. The highest BCUT2D eigenvalue weighted by Gasteiger charge is 2.32. The van der Waals surface area contributed by atoms with Crippen molar-refractivity contribution in [2.75, 3.05) is 0 Å². The summed E-state index contributed by atoms with van der Waals surface area (Å²) in [4.78, 5) is 29.5. The number of rotatable bonds is 5. The summed E-state index contributed by atoms with van der Waals surface area (Å²) in [6.45, 7) is 0.428. The van der Waals surface area contributed by atoms with Gasteiger partial charge in [-0.1, -0.05) is 54.8 Å². The van der Waals surface area contributed by atoms with Gasteiger partial charge in [0.25, 0.3) is 11.8 Å². The van der Waals surface area contributed by atoms with Gasteiger partial charge in [-0.15, -0.1) is 0 Å². The van der Waals surface area contributed by atoms with Crippen LogP contribution in [-0.4, -0.2) is 29.7 Å². The Labute approximate surface area is 141 Å². The number of nitrogens with one attached hydrogen (secondary N) is 2. The largest absolute Gasteiger partial charge is 0.382 e. The molecule has 1 unspecified atom stereocenters. The predicted molar refractivity (Wildman–Crippen MR) is 90.2 cm³/mol. The fourth-order valence-corrected chi connectivity index (χ4v) is 3.07. The number of nitrogens with zero attached hydrogens (tertiary/aromatic N) is 1. The third kappa shape index (κ3) is 4.34. The van der Waals surface area contributed by atoms with Crippen LogP contribution in [0.1, 0.15) is 44.1 Å². The van der Waals surface area contributed by atoms with Gasteiger partial charge in [-0.3, -0.25) is 9.59 Å². The van der Waals surface area contributed by atoms with Crippen molar-refractivity contribution in [1.82, 2.24) is 10.6 Å². The second kappa shape index (κ2) is 7.95. The van der Waals surface area contributed by atoms with E-state index in [1.807, 2.05) is 30.3 Å². The Morgan fingerprint density at radius 3 is 2.62 bits per heavy atom. The number of carbonyl (C=O) groups is 2. The molecule has 128 valence electrons. The first kappa shape index (κ1) is 16.5. The van der Waals surface area contributed by atoms with Crippen LogP contribution in [0, 0.1) is 0 Å². The van der Waals surface area contributed by atoms with Gasteiger partial charge < -0.3 is 15.5 Å². The van der Waals surface area contributed by atoms with Crippen LogP contribution in [0.2, 0.25) is 0 Å². The number of hydrogen-bond donors (Lipinski definition) is 2. The molecule has 1 aliphatic heterocycles. The Balaban J connectivity index is 1.43. The van der Waals surface area contributed by atoms with Crippen LogP contribution in [0.15, 0.2) is 35.5 Å². The van der Waals surface area contributed by atoms with Gasteiger partial charge in [0.15, 0.2) is 0 Å². The Hall–Kier alpha value is -2.37. The molecule has 1 aromatic carbocycles. The van der Waals surface area contributed by atoms with E-state index in [0.29, 0.717) is 6.54 Å². The molecule has 0 aromatic heterocycles. The van der Waals surface area contributed by atoms with Gasteiger partial charge in [0.05, 0.1) is 0 Å². The highest BCUT2D eigenvalue weighted by atomic mass is 16.6. The highest BCUT2D eigenvalue weighted by molar-refractivity contribution is 6.39. The zero-order valence-electron chi connectivity index (χ0n) is 13.7. The summed E-state index contributed by atoms with van der Waals surface area (Å²) in [6.07, 6.45) is 5.11. The Bertz CT molecular complexity index is 609. The van der Waals surface area contributed by atoms with Crippen LogP contribution in [0.4, 0.5) is 0 Å². The van der Waals surface area contributed by atoms with E-state index in [4.69, 9.17) is 4.84 Å². The molecule has 1 aliphatic carbocycles. The lowest BCUT2D eigenvalue weighted by Gasteiger charge is -2.23. The molecule has 2 aliphatic rings. The van der Waals surface area contributed by atoms with Crippen molar-refractivity contribution in [2.45, 2.75) is 57.2 Å². The second-order valence-electron chi connectivity index (χ2n) is 6.35. The van der Waals surface area contributed by atoms with E-state index in [1.54, 1.807) is 0 Å². The van der Waals surface area contributed by atoms with Crippen molar-refractivity contribution in [3.8, 4) is 0 Å². The summed E-state index contributed by atoms with van der Waals surface area (Å²) < 4.78 is 0. The Morgan fingerprint density at radius 2 is 1.88 bits per heavy atom. The van der Waals surface area contributed by atoms with Gasteiger partial charge >= 0.3 is 0 Å². The lowest BCUT2D eigenvalue weighted by Crippen LogP contribution is -2.43. The van der Waals surface area contributed by atoms with Gasteiger partial charge in [0.1, 0.15) is 5.71 Å². The monoisotopic (exact) mass is 329 g/mol. The summed E-state index contributed by atoms with van der Waals surface area (Å²) in [5.41, 5.74) is 1.28. The molecule has 1 aromatic rings. The molecular weight excluding hydrogens is 306 g/mol. The van der Waals surface area contributed by atoms with Crippen molar-refractivity contribution in [1.29, 1.82) is 0 Å². The number of carbonyl (C=O) groups excluding carboxylic acids is 2. The van der Waals surface area contributed by atoms with Crippen LogP contribution >= 0.6 is 0 Å². The molecule has 24 heavy (non-hydrogen) atoms. The third-order valence-electron chi connectivity index (χ3n) is 4.47. The smallest absolute Gasteiger partial charge is 0.269 e. The minimum Gasteiger partial charge on any atom is -0.382 e.